The lowest BCUT2D eigenvalue weighted by molar-refractivity contribution is 0.411. The zero-order valence-corrected chi connectivity index (χ0v) is 11.5. The third-order valence-corrected chi connectivity index (χ3v) is 3.98. The second kappa shape index (κ2) is 5.83. The lowest BCUT2D eigenvalue weighted by atomic mass is 10.2. The second-order valence-electron chi connectivity index (χ2n) is 4.09. The normalized spacial score (nSPS) is 10.3. The lowest BCUT2D eigenvalue weighted by Gasteiger charge is -2.10. The van der Waals surface area contributed by atoms with Crippen LogP contribution in [0, 0.1) is 6.92 Å². The molecular formula is C15H17NOS. The van der Waals surface area contributed by atoms with Gasteiger partial charge in [0.25, 0.3) is 0 Å². The molecule has 0 heterocycles. The van der Waals surface area contributed by atoms with Crippen LogP contribution in [0.2, 0.25) is 0 Å². The molecule has 0 unspecified atom stereocenters. The van der Waals surface area contributed by atoms with Gasteiger partial charge in [0.2, 0.25) is 0 Å². The zero-order chi connectivity index (χ0) is 13.0. The van der Waals surface area contributed by atoms with Gasteiger partial charge < -0.3 is 10.5 Å². The Kier molecular flexibility index (Phi) is 4.15. The Labute approximate surface area is 112 Å². The van der Waals surface area contributed by atoms with Crippen molar-refractivity contribution in [1.82, 2.24) is 0 Å². The SMILES string of the molecule is COc1ccccc1CSc1cccc(C)c1N. The summed E-state index contributed by atoms with van der Waals surface area (Å²) in [5, 5.41) is 0. The quantitative estimate of drug-likeness (QED) is 0.668. The van der Waals surface area contributed by atoms with E-state index in [4.69, 9.17) is 10.5 Å². The van der Waals surface area contributed by atoms with Crippen molar-refractivity contribution in [1.29, 1.82) is 0 Å². The average Bonchev–Trinajstić information content (AvgIpc) is 2.41. The Morgan fingerprint density at radius 1 is 1.11 bits per heavy atom. The lowest BCUT2D eigenvalue weighted by Crippen LogP contribution is -1.93. The van der Waals surface area contributed by atoms with Crippen molar-refractivity contribution in [3.05, 3.63) is 53.6 Å². The van der Waals surface area contributed by atoms with Gasteiger partial charge in [-0.15, -0.1) is 11.8 Å². The Morgan fingerprint density at radius 3 is 2.67 bits per heavy atom. The fourth-order valence-corrected chi connectivity index (χ4v) is 2.80. The zero-order valence-electron chi connectivity index (χ0n) is 10.6. The number of hydrogen-bond donors (Lipinski definition) is 1. The third kappa shape index (κ3) is 2.79. The molecule has 0 saturated heterocycles. The maximum Gasteiger partial charge on any atom is 0.122 e. The molecule has 2 aromatic carbocycles. The first kappa shape index (κ1) is 12.8. The molecule has 0 amide bonds. The monoisotopic (exact) mass is 259 g/mol. The fraction of sp³-hybridized carbons (Fsp3) is 0.200. The van der Waals surface area contributed by atoms with Crippen molar-refractivity contribution in [2.45, 2.75) is 17.6 Å². The van der Waals surface area contributed by atoms with Gasteiger partial charge in [-0.25, -0.2) is 0 Å². The number of rotatable bonds is 4. The van der Waals surface area contributed by atoms with Crippen LogP contribution in [-0.4, -0.2) is 7.11 Å². The van der Waals surface area contributed by atoms with Crippen LogP contribution in [0.1, 0.15) is 11.1 Å². The molecule has 3 heteroatoms. The molecule has 0 saturated carbocycles. The van der Waals surface area contributed by atoms with Crippen molar-refractivity contribution in [3.63, 3.8) is 0 Å². The molecule has 2 nitrogen and oxygen atoms in total. The molecule has 2 N–H and O–H groups in total. The molecule has 0 atom stereocenters. The highest BCUT2D eigenvalue weighted by Gasteiger charge is 2.05. The van der Waals surface area contributed by atoms with E-state index in [9.17, 15) is 0 Å². The van der Waals surface area contributed by atoms with Gasteiger partial charge >= 0.3 is 0 Å². The van der Waals surface area contributed by atoms with E-state index in [0.717, 1.165) is 27.6 Å². The number of aryl methyl sites for hydroxylation is 1. The molecule has 0 aromatic heterocycles. The number of nitrogen functional groups attached to an aromatic ring is 1. The molecule has 0 spiro atoms. The van der Waals surface area contributed by atoms with Crippen molar-refractivity contribution >= 4 is 17.4 Å². The van der Waals surface area contributed by atoms with Crippen LogP contribution in [0.15, 0.2) is 47.4 Å². The smallest absolute Gasteiger partial charge is 0.122 e. The van der Waals surface area contributed by atoms with Crippen LogP contribution in [0.5, 0.6) is 5.75 Å². The molecule has 0 aliphatic heterocycles. The number of anilines is 1. The van der Waals surface area contributed by atoms with Crippen LogP contribution < -0.4 is 10.5 Å². The van der Waals surface area contributed by atoms with E-state index in [-0.39, 0.29) is 0 Å². The number of thioether (sulfide) groups is 1. The van der Waals surface area contributed by atoms with Gasteiger partial charge in [0.05, 0.1) is 7.11 Å². The summed E-state index contributed by atoms with van der Waals surface area (Å²) in [4.78, 5) is 1.13. The highest BCUT2D eigenvalue weighted by Crippen LogP contribution is 2.32. The number of ether oxygens (including phenoxy) is 1. The van der Waals surface area contributed by atoms with Crippen molar-refractivity contribution < 1.29 is 4.74 Å². The molecule has 0 aliphatic carbocycles. The third-order valence-electron chi connectivity index (χ3n) is 2.86. The molecule has 94 valence electrons. The molecule has 2 aromatic rings. The van der Waals surface area contributed by atoms with Crippen molar-refractivity contribution in [2.75, 3.05) is 12.8 Å². The maximum absolute atomic E-state index is 6.07. The van der Waals surface area contributed by atoms with Gasteiger partial charge in [0, 0.05) is 21.9 Å². The highest BCUT2D eigenvalue weighted by molar-refractivity contribution is 7.98. The highest BCUT2D eigenvalue weighted by atomic mass is 32.2. The van der Waals surface area contributed by atoms with E-state index < -0.39 is 0 Å². The summed E-state index contributed by atoms with van der Waals surface area (Å²) < 4.78 is 5.34. The predicted octanol–water partition coefficient (Wildman–Crippen LogP) is 3.88. The Hall–Kier alpha value is -1.61. The minimum Gasteiger partial charge on any atom is -0.496 e. The summed E-state index contributed by atoms with van der Waals surface area (Å²) in [5.41, 5.74) is 9.25. The van der Waals surface area contributed by atoms with Gasteiger partial charge in [-0.05, 0) is 24.6 Å². The van der Waals surface area contributed by atoms with Crippen molar-refractivity contribution in [2.24, 2.45) is 0 Å². The molecule has 0 radical (unpaired) electrons. The van der Waals surface area contributed by atoms with Crippen LogP contribution in [-0.2, 0) is 5.75 Å². The first-order valence-electron chi connectivity index (χ1n) is 5.82. The molecular weight excluding hydrogens is 242 g/mol. The molecule has 0 fully saturated rings. The Morgan fingerprint density at radius 2 is 1.89 bits per heavy atom. The van der Waals surface area contributed by atoms with Crippen LogP contribution in [0.25, 0.3) is 0 Å². The van der Waals surface area contributed by atoms with Gasteiger partial charge in [0.1, 0.15) is 5.75 Å². The average molecular weight is 259 g/mol. The second-order valence-corrected chi connectivity index (χ2v) is 5.10. The Balaban J connectivity index is 2.14. The molecule has 2 rings (SSSR count). The van der Waals surface area contributed by atoms with E-state index in [1.165, 1.54) is 5.56 Å². The summed E-state index contributed by atoms with van der Waals surface area (Å²) in [7, 11) is 1.70. The first-order valence-corrected chi connectivity index (χ1v) is 6.80. The maximum atomic E-state index is 6.07. The van der Waals surface area contributed by atoms with E-state index in [0.29, 0.717) is 0 Å². The van der Waals surface area contributed by atoms with Gasteiger partial charge in [-0.3, -0.25) is 0 Å². The standard InChI is InChI=1S/C15H17NOS/c1-11-6-5-9-14(15(11)16)18-10-12-7-3-4-8-13(12)17-2/h3-9H,10,16H2,1-2H3. The molecule has 0 aliphatic rings. The first-order chi connectivity index (χ1) is 8.72. The summed E-state index contributed by atoms with van der Waals surface area (Å²) in [6, 6.07) is 14.2. The van der Waals surface area contributed by atoms with Crippen LogP contribution in [0.3, 0.4) is 0 Å². The van der Waals surface area contributed by atoms with Gasteiger partial charge in [0.15, 0.2) is 0 Å². The van der Waals surface area contributed by atoms with Crippen LogP contribution in [0.4, 0.5) is 5.69 Å². The summed E-state index contributed by atoms with van der Waals surface area (Å²) in [6.45, 7) is 2.03. The number of para-hydroxylation sites is 2. The predicted molar refractivity (Wildman–Crippen MR) is 78.1 cm³/mol. The Bertz CT molecular complexity index is 540. The van der Waals surface area contributed by atoms with Gasteiger partial charge in [-0.2, -0.15) is 0 Å². The summed E-state index contributed by atoms with van der Waals surface area (Å²) in [5.74, 6) is 1.79. The largest absolute Gasteiger partial charge is 0.496 e. The number of methoxy groups -OCH3 is 1. The number of benzene rings is 2. The minimum absolute atomic E-state index is 0.859. The van der Waals surface area contributed by atoms with Gasteiger partial charge in [-0.1, -0.05) is 30.3 Å². The van der Waals surface area contributed by atoms with E-state index in [1.807, 2.05) is 37.3 Å². The minimum atomic E-state index is 0.859. The molecule has 0 bridgehead atoms. The summed E-state index contributed by atoms with van der Waals surface area (Å²) in [6.07, 6.45) is 0. The topological polar surface area (TPSA) is 35.2 Å². The molecule has 18 heavy (non-hydrogen) atoms. The number of hydrogen-bond acceptors (Lipinski definition) is 3. The van der Waals surface area contributed by atoms with E-state index >= 15 is 0 Å². The van der Waals surface area contributed by atoms with Crippen LogP contribution >= 0.6 is 11.8 Å². The fourth-order valence-electron chi connectivity index (χ4n) is 1.76. The van der Waals surface area contributed by atoms with Crippen molar-refractivity contribution in [3.8, 4) is 5.75 Å². The number of nitrogens with two attached hydrogens (primary N) is 1. The summed E-state index contributed by atoms with van der Waals surface area (Å²) >= 11 is 1.74. The van der Waals surface area contributed by atoms with E-state index in [1.54, 1.807) is 18.9 Å². The van der Waals surface area contributed by atoms with E-state index in [2.05, 4.69) is 12.1 Å².